The highest BCUT2D eigenvalue weighted by Crippen LogP contribution is 2.42. The van der Waals surface area contributed by atoms with E-state index in [9.17, 15) is 27.2 Å². The second-order valence-corrected chi connectivity index (χ2v) is 8.98. The number of nitrogens with two attached hydrogens (primary N) is 1. The lowest BCUT2D eigenvalue weighted by molar-refractivity contribution is 0.100. The van der Waals surface area contributed by atoms with Gasteiger partial charge in [0, 0.05) is 11.1 Å². The summed E-state index contributed by atoms with van der Waals surface area (Å²) in [5, 5.41) is 6.71. The Kier molecular flexibility index (Phi) is 6.07. The molecule has 5 aromatic rings. The third kappa shape index (κ3) is 4.27. The number of anilines is 1. The SMILES string of the molecule is Cc1cc(C(F)F)n2ncc(C(=O)Nc3c(C(N)=O)sc4nc(C(F)F)cc(-c5ccccc5)c34)c2n1. The van der Waals surface area contributed by atoms with Crippen LogP contribution in [0, 0.1) is 6.92 Å². The lowest BCUT2D eigenvalue weighted by atomic mass is 10.0. The lowest BCUT2D eigenvalue weighted by Gasteiger charge is -2.11. The Morgan fingerprint density at radius 1 is 1.05 bits per heavy atom. The average molecular weight is 528 g/mol. The zero-order valence-corrected chi connectivity index (χ0v) is 19.7. The van der Waals surface area contributed by atoms with Crippen LogP contribution in [0.5, 0.6) is 0 Å². The van der Waals surface area contributed by atoms with E-state index < -0.39 is 36.1 Å². The highest BCUT2D eigenvalue weighted by atomic mass is 32.1. The van der Waals surface area contributed by atoms with Crippen LogP contribution in [0.15, 0.2) is 48.7 Å². The Morgan fingerprint density at radius 2 is 1.78 bits per heavy atom. The van der Waals surface area contributed by atoms with Gasteiger partial charge in [-0.1, -0.05) is 30.3 Å². The molecule has 0 fully saturated rings. The van der Waals surface area contributed by atoms with Crippen LogP contribution in [0.25, 0.3) is 27.0 Å². The van der Waals surface area contributed by atoms with Gasteiger partial charge >= 0.3 is 0 Å². The number of halogens is 4. The summed E-state index contributed by atoms with van der Waals surface area (Å²) >= 11 is 0.755. The summed E-state index contributed by atoms with van der Waals surface area (Å²) in [4.78, 5) is 33.7. The molecule has 0 bridgehead atoms. The van der Waals surface area contributed by atoms with Crippen molar-refractivity contribution in [2.75, 3.05) is 5.32 Å². The first-order valence-corrected chi connectivity index (χ1v) is 11.5. The molecule has 0 saturated carbocycles. The van der Waals surface area contributed by atoms with Crippen molar-refractivity contribution in [1.82, 2.24) is 19.6 Å². The van der Waals surface area contributed by atoms with Crippen molar-refractivity contribution >= 4 is 44.7 Å². The number of rotatable bonds is 6. The first-order valence-electron chi connectivity index (χ1n) is 10.7. The summed E-state index contributed by atoms with van der Waals surface area (Å²) in [7, 11) is 0. The van der Waals surface area contributed by atoms with Crippen molar-refractivity contribution in [2.24, 2.45) is 5.73 Å². The Hall–Kier alpha value is -4.39. The average Bonchev–Trinajstić information content (AvgIpc) is 3.45. The van der Waals surface area contributed by atoms with Gasteiger partial charge in [-0.15, -0.1) is 11.3 Å². The van der Waals surface area contributed by atoms with Gasteiger partial charge in [0.05, 0.1) is 11.9 Å². The minimum Gasteiger partial charge on any atom is -0.365 e. The first-order chi connectivity index (χ1) is 17.7. The molecule has 0 aliphatic rings. The predicted molar refractivity (Wildman–Crippen MR) is 129 cm³/mol. The van der Waals surface area contributed by atoms with E-state index in [1.54, 1.807) is 30.3 Å². The van der Waals surface area contributed by atoms with Crippen LogP contribution in [0.4, 0.5) is 23.2 Å². The third-order valence-electron chi connectivity index (χ3n) is 5.55. The van der Waals surface area contributed by atoms with E-state index in [-0.39, 0.29) is 37.7 Å². The number of aryl methyl sites for hydroxylation is 1. The molecule has 0 unspecified atom stereocenters. The van der Waals surface area contributed by atoms with Crippen LogP contribution in [0.2, 0.25) is 0 Å². The Morgan fingerprint density at radius 3 is 2.43 bits per heavy atom. The van der Waals surface area contributed by atoms with Gasteiger partial charge in [0.1, 0.15) is 26.7 Å². The van der Waals surface area contributed by atoms with Gasteiger partial charge in [-0.2, -0.15) is 5.10 Å². The number of carbonyl (C=O) groups is 2. The maximum atomic E-state index is 13.6. The molecule has 8 nitrogen and oxygen atoms in total. The molecule has 5 rings (SSSR count). The van der Waals surface area contributed by atoms with Crippen LogP contribution in [0.1, 0.15) is 50.0 Å². The number of carbonyl (C=O) groups excluding carboxylic acids is 2. The van der Waals surface area contributed by atoms with Crippen molar-refractivity contribution < 1.29 is 27.2 Å². The summed E-state index contributed by atoms with van der Waals surface area (Å²) in [5.41, 5.74) is 5.38. The van der Waals surface area contributed by atoms with E-state index in [2.05, 4.69) is 20.4 Å². The number of benzene rings is 1. The molecule has 0 atom stereocenters. The molecule has 0 radical (unpaired) electrons. The fourth-order valence-electron chi connectivity index (χ4n) is 3.98. The van der Waals surface area contributed by atoms with Crippen molar-refractivity contribution in [3.8, 4) is 11.1 Å². The zero-order chi connectivity index (χ0) is 26.4. The molecular weight excluding hydrogens is 512 g/mol. The topological polar surface area (TPSA) is 115 Å². The van der Waals surface area contributed by atoms with Gasteiger partial charge in [0.2, 0.25) is 0 Å². The van der Waals surface area contributed by atoms with Gasteiger partial charge in [-0.05, 0) is 30.2 Å². The zero-order valence-electron chi connectivity index (χ0n) is 18.9. The van der Waals surface area contributed by atoms with Gasteiger partial charge in [0.25, 0.3) is 24.7 Å². The molecule has 0 saturated heterocycles. The van der Waals surface area contributed by atoms with Crippen molar-refractivity contribution in [3.05, 3.63) is 76.2 Å². The van der Waals surface area contributed by atoms with Crippen LogP contribution in [0.3, 0.4) is 0 Å². The smallest absolute Gasteiger partial charge is 0.280 e. The molecule has 188 valence electrons. The number of aromatic nitrogens is 4. The van der Waals surface area contributed by atoms with Gasteiger partial charge in [-0.25, -0.2) is 32.0 Å². The normalized spacial score (nSPS) is 11.6. The highest BCUT2D eigenvalue weighted by Gasteiger charge is 2.27. The number of alkyl halides is 4. The van der Waals surface area contributed by atoms with E-state index in [0.717, 1.165) is 28.1 Å². The van der Waals surface area contributed by atoms with Crippen LogP contribution >= 0.6 is 11.3 Å². The number of amides is 2. The number of hydrogen-bond donors (Lipinski definition) is 2. The van der Waals surface area contributed by atoms with E-state index in [4.69, 9.17) is 5.73 Å². The molecule has 0 aliphatic carbocycles. The predicted octanol–water partition coefficient (Wildman–Crippen LogP) is 5.54. The van der Waals surface area contributed by atoms with Gasteiger partial charge in [-0.3, -0.25) is 9.59 Å². The number of nitrogens with one attached hydrogen (secondary N) is 1. The number of fused-ring (bicyclic) bond motifs is 2. The fraction of sp³-hybridized carbons (Fsp3) is 0.125. The number of primary amides is 1. The lowest BCUT2D eigenvalue weighted by Crippen LogP contribution is -2.17. The molecule has 37 heavy (non-hydrogen) atoms. The maximum absolute atomic E-state index is 13.6. The minimum atomic E-state index is -2.89. The second-order valence-electron chi connectivity index (χ2n) is 7.98. The molecule has 0 aliphatic heterocycles. The third-order valence-corrected chi connectivity index (χ3v) is 6.65. The summed E-state index contributed by atoms with van der Waals surface area (Å²) in [6.07, 6.45) is -4.68. The Balaban J connectivity index is 1.71. The van der Waals surface area contributed by atoms with Crippen LogP contribution in [-0.4, -0.2) is 31.4 Å². The highest BCUT2D eigenvalue weighted by molar-refractivity contribution is 7.21. The molecule has 4 aromatic heterocycles. The maximum Gasteiger partial charge on any atom is 0.280 e. The Labute approximate surface area is 209 Å². The van der Waals surface area contributed by atoms with Crippen LogP contribution in [-0.2, 0) is 0 Å². The second kappa shape index (κ2) is 9.24. The standard InChI is InChI=1S/C24H16F4N6O2S/c1-10-7-15(20(27)28)34-22(31-10)13(9-30-34)23(36)33-17-16-12(11-5-3-2-4-6-11)8-14(19(25)26)32-24(16)37-18(17)21(29)35/h2-9,19-20H,1H3,(H2,29,35)(H,33,36). The largest absolute Gasteiger partial charge is 0.365 e. The summed E-state index contributed by atoms with van der Waals surface area (Å²) in [5.74, 6) is -1.72. The van der Waals surface area contributed by atoms with Gasteiger partial charge in [0.15, 0.2) is 5.65 Å². The quantitative estimate of drug-likeness (QED) is 0.281. The Bertz CT molecular complexity index is 1680. The summed E-state index contributed by atoms with van der Waals surface area (Å²) < 4.78 is 55.1. The van der Waals surface area contributed by atoms with Crippen molar-refractivity contribution in [1.29, 1.82) is 0 Å². The minimum absolute atomic E-state index is 0.0363. The van der Waals surface area contributed by atoms with E-state index >= 15 is 0 Å². The monoisotopic (exact) mass is 528 g/mol. The molecule has 1 aromatic carbocycles. The summed E-state index contributed by atoms with van der Waals surface area (Å²) in [6, 6.07) is 10.9. The fourth-order valence-corrected chi connectivity index (χ4v) is 4.99. The molecular formula is C24H16F4N6O2S. The number of thiophene rings is 1. The molecule has 0 spiro atoms. The van der Waals surface area contributed by atoms with Crippen molar-refractivity contribution in [3.63, 3.8) is 0 Å². The van der Waals surface area contributed by atoms with Crippen LogP contribution < -0.4 is 11.1 Å². The molecule has 3 N–H and O–H groups in total. The molecule has 2 amide bonds. The number of nitrogens with zero attached hydrogens (tertiary/aromatic N) is 4. The van der Waals surface area contributed by atoms with Gasteiger partial charge < -0.3 is 11.1 Å². The van der Waals surface area contributed by atoms with E-state index in [1.807, 2.05) is 0 Å². The number of pyridine rings is 1. The first kappa shape index (κ1) is 24.3. The molecule has 13 heteroatoms. The van der Waals surface area contributed by atoms with E-state index in [0.29, 0.717) is 11.1 Å². The molecule has 4 heterocycles. The number of hydrogen-bond acceptors (Lipinski definition) is 6. The van der Waals surface area contributed by atoms with E-state index in [1.165, 1.54) is 13.0 Å². The van der Waals surface area contributed by atoms with Crippen molar-refractivity contribution in [2.45, 2.75) is 19.8 Å². The summed E-state index contributed by atoms with van der Waals surface area (Å²) in [6.45, 7) is 1.50.